The summed E-state index contributed by atoms with van der Waals surface area (Å²) in [6.07, 6.45) is 6.72. The summed E-state index contributed by atoms with van der Waals surface area (Å²) in [5.41, 5.74) is 3.07. The van der Waals surface area contributed by atoms with Crippen LogP contribution in [0.2, 0.25) is 0 Å². The lowest BCUT2D eigenvalue weighted by Crippen LogP contribution is -2.31. The van der Waals surface area contributed by atoms with Crippen molar-refractivity contribution in [3.05, 3.63) is 35.4 Å². The van der Waals surface area contributed by atoms with Crippen LogP contribution < -0.4 is 5.32 Å². The fourth-order valence-corrected chi connectivity index (χ4v) is 3.53. The summed E-state index contributed by atoms with van der Waals surface area (Å²) in [6.45, 7) is 7.96. The Kier molecular flexibility index (Phi) is 5.45. The Hall–Kier alpha value is -0.820. The molecule has 1 atom stereocenters. The summed E-state index contributed by atoms with van der Waals surface area (Å²) < 4.78 is 0. The summed E-state index contributed by atoms with van der Waals surface area (Å²) in [5, 5.41) is 3.76. The van der Waals surface area contributed by atoms with Crippen molar-refractivity contribution < 1.29 is 0 Å². The number of hydrogen-bond acceptors (Lipinski definition) is 1. The molecule has 0 bridgehead atoms. The second-order valence-corrected chi connectivity index (χ2v) is 6.11. The zero-order valence-corrected chi connectivity index (χ0v) is 12.8. The van der Waals surface area contributed by atoms with Gasteiger partial charge in [-0.2, -0.15) is 0 Å². The Morgan fingerprint density at radius 3 is 2.42 bits per heavy atom. The summed E-state index contributed by atoms with van der Waals surface area (Å²) >= 11 is 0. The summed E-state index contributed by atoms with van der Waals surface area (Å²) in [7, 11) is 0. The third kappa shape index (κ3) is 3.60. The smallest absolute Gasteiger partial charge is 0.0351 e. The highest BCUT2D eigenvalue weighted by Gasteiger charge is 2.27. The van der Waals surface area contributed by atoms with E-state index >= 15 is 0 Å². The van der Waals surface area contributed by atoms with Crippen molar-refractivity contribution in [2.45, 2.75) is 58.9 Å². The van der Waals surface area contributed by atoms with Crippen LogP contribution in [-0.2, 0) is 6.42 Å². The van der Waals surface area contributed by atoms with Crippen LogP contribution in [0.15, 0.2) is 24.3 Å². The number of hydrogen-bond donors (Lipinski definition) is 1. The molecule has 1 aliphatic rings. The van der Waals surface area contributed by atoms with Gasteiger partial charge in [0.25, 0.3) is 0 Å². The molecule has 0 saturated heterocycles. The number of benzene rings is 1. The van der Waals surface area contributed by atoms with Crippen molar-refractivity contribution in [2.75, 3.05) is 6.54 Å². The SMILES string of the molecule is CCNC(c1ccccc1CC)C1CCC(C)CC1. The molecular weight excluding hydrogens is 230 g/mol. The number of aryl methyl sites for hydroxylation is 1. The molecule has 0 aliphatic heterocycles. The van der Waals surface area contributed by atoms with Gasteiger partial charge in [0.05, 0.1) is 0 Å². The first kappa shape index (κ1) is 14.6. The molecule has 1 aliphatic carbocycles. The minimum absolute atomic E-state index is 0.564. The zero-order valence-electron chi connectivity index (χ0n) is 12.8. The van der Waals surface area contributed by atoms with Crippen molar-refractivity contribution in [3.63, 3.8) is 0 Å². The summed E-state index contributed by atoms with van der Waals surface area (Å²) in [5.74, 6) is 1.75. The van der Waals surface area contributed by atoms with Crippen LogP contribution in [-0.4, -0.2) is 6.54 Å². The highest BCUT2D eigenvalue weighted by Crippen LogP contribution is 2.37. The van der Waals surface area contributed by atoms with E-state index in [0.29, 0.717) is 6.04 Å². The van der Waals surface area contributed by atoms with Gasteiger partial charge >= 0.3 is 0 Å². The van der Waals surface area contributed by atoms with E-state index in [0.717, 1.165) is 24.8 Å². The Morgan fingerprint density at radius 1 is 1.11 bits per heavy atom. The molecule has 0 heterocycles. The second kappa shape index (κ2) is 7.09. The maximum Gasteiger partial charge on any atom is 0.0351 e. The highest BCUT2D eigenvalue weighted by molar-refractivity contribution is 5.30. The van der Waals surface area contributed by atoms with Crippen molar-refractivity contribution in [1.82, 2.24) is 5.32 Å². The molecule has 1 saturated carbocycles. The van der Waals surface area contributed by atoms with Crippen LogP contribution in [0.4, 0.5) is 0 Å². The molecule has 0 radical (unpaired) electrons. The van der Waals surface area contributed by atoms with E-state index in [4.69, 9.17) is 0 Å². The van der Waals surface area contributed by atoms with Crippen LogP contribution in [0.25, 0.3) is 0 Å². The lowest BCUT2D eigenvalue weighted by Gasteiger charge is -2.34. The third-order valence-electron chi connectivity index (χ3n) is 4.73. The van der Waals surface area contributed by atoms with E-state index < -0.39 is 0 Å². The number of rotatable bonds is 5. The largest absolute Gasteiger partial charge is 0.310 e. The molecule has 1 N–H and O–H groups in total. The lowest BCUT2D eigenvalue weighted by molar-refractivity contribution is 0.232. The van der Waals surface area contributed by atoms with Crippen molar-refractivity contribution in [3.8, 4) is 0 Å². The molecule has 0 aromatic heterocycles. The van der Waals surface area contributed by atoms with Gasteiger partial charge in [-0.15, -0.1) is 0 Å². The molecule has 1 fully saturated rings. The van der Waals surface area contributed by atoms with Crippen LogP contribution in [0.1, 0.15) is 63.6 Å². The molecule has 0 spiro atoms. The third-order valence-corrected chi connectivity index (χ3v) is 4.73. The molecular formula is C18H29N. The van der Waals surface area contributed by atoms with E-state index in [1.165, 1.54) is 31.2 Å². The number of nitrogens with one attached hydrogen (secondary N) is 1. The zero-order chi connectivity index (χ0) is 13.7. The minimum Gasteiger partial charge on any atom is -0.310 e. The van der Waals surface area contributed by atoms with E-state index in [2.05, 4.69) is 50.4 Å². The first-order chi connectivity index (χ1) is 9.26. The van der Waals surface area contributed by atoms with E-state index in [9.17, 15) is 0 Å². The lowest BCUT2D eigenvalue weighted by atomic mass is 9.76. The fourth-order valence-electron chi connectivity index (χ4n) is 3.53. The van der Waals surface area contributed by atoms with Crippen molar-refractivity contribution >= 4 is 0 Å². The Labute approximate surface area is 118 Å². The molecule has 1 nitrogen and oxygen atoms in total. The van der Waals surface area contributed by atoms with E-state index in [1.807, 2.05) is 0 Å². The molecule has 19 heavy (non-hydrogen) atoms. The summed E-state index contributed by atoms with van der Waals surface area (Å²) in [6, 6.07) is 9.57. The van der Waals surface area contributed by atoms with Crippen molar-refractivity contribution in [1.29, 1.82) is 0 Å². The normalized spacial score (nSPS) is 25.2. The molecule has 1 aromatic rings. The molecule has 1 aromatic carbocycles. The van der Waals surface area contributed by atoms with E-state index in [1.54, 1.807) is 5.56 Å². The standard InChI is InChI=1S/C18H29N/c1-4-15-8-6-7-9-17(15)18(19-5-2)16-12-10-14(3)11-13-16/h6-9,14,16,18-19H,4-5,10-13H2,1-3H3. The van der Waals surface area contributed by atoms with Gasteiger partial charge in [0.2, 0.25) is 0 Å². The quantitative estimate of drug-likeness (QED) is 0.806. The van der Waals surface area contributed by atoms with Gasteiger partial charge in [-0.25, -0.2) is 0 Å². The maximum absolute atomic E-state index is 3.76. The molecule has 1 unspecified atom stereocenters. The highest BCUT2D eigenvalue weighted by atomic mass is 14.9. The first-order valence-corrected chi connectivity index (χ1v) is 8.07. The van der Waals surface area contributed by atoms with Gasteiger partial charge in [-0.3, -0.25) is 0 Å². The fraction of sp³-hybridized carbons (Fsp3) is 0.667. The Morgan fingerprint density at radius 2 is 1.79 bits per heavy atom. The van der Waals surface area contributed by atoms with Gasteiger partial charge in [0.15, 0.2) is 0 Å². The topological polar surface area (TPSA) is 12.0 Å². The second-order valence-electron chi connectivity index (χ2n) is 6.11. The van der Waals surface area contributed by atoms with Gasteiger partial charge in [-0.1, -0.05) is 57.9 Å². The van der Waals surface area contributed by atoms with Gasteiger partial charge in [0, 0.05) is 6.04 Å². The monoisotopic (exact) mass is 259 g/mol. The maximum atomic E-state index is 3.76. The average Bonchev–Trinajstić information content (AvgIpc) is 2.46. The van der Waals surface area contributed by atoms with Gasteiger partial charge in [0.1, 0.15) is 0 Å². The van der Waals surface area contributed by atoms with Crippen LogP contribution in [0, 0.1) is 11.8 Å². The van der Waals surface area contributed by atoms with E-state index in [-0.39, 0.29) is 0 Å². The van der Waals surface area contributed by atoms with Crippen molar-refractivity contribution in [2.24, 2.45) is 11.8 Å². The van der Waals surface area contributed by atoms with Crippen LogP contribution in [0.3, 0.4) is 0 Å². The Bertz CT molecular complexity index is 377. The first-order valence-electron chi connectivity index (χ1n) is 8.07. The predicted octanol–water partition coefficient (Wildman–Crippen LogP) is 4.73. The summed E-state index contributed by atoms with van der Waals surface area (Å²) in [4.78, 5) is 0. The molecule has 0 amide bonds. The Balaban J connectivity index is 2.19. The van der Waals surface area contributed by atoms with Crippen LogP contribution in [0.5, 0.6) is 0 Å². The van der Waals surface area contributed by atoms with Gasteiger partial charge in [-0.05, 0) is 48.8 Å². The molecule has 2 rings (SSSR count). The minimum atomic E-state index is 0.564. The molecule has 1 heteroatoms. The predicted molar refractivity (Wildman–Crippen MR) is 83.4 cm³/mol. The average molecular weight is 259 g/mol. The van der Waals surface area contributed by atoms with Gasteiger partial charge < -0.3 is 5.32 Å². The van der Waals surface area contributed by atoms with Crippen LogP contribution >= 0.6 is 0 Å². The molecule has 106 valence electrons.